The number of hydrogen-bond acceptors (Lipinski definition) is 5. The van der Waals surface area contributed by atoms with Crippen molar-refractivity contribution in [2.45, 2.75) is 6.54 Å². The van der Waals surface area contributed by atoms with Crippen molar-refractivity contribution >= 4 is 23.4 Å². The molecule has 1 N–H and O–H groups in total. The first-order valence-electron chi connectivity index (χ1n) is 11.4. The van der Waals surface area contributed by atoms with Gasteiger partial charge < -0.3 is 15.0 Å². The molecular formula is C28H28N4O2. The van der Waals surface area contributed by atoms with E-state index in [2.05, 4.69) is 57.6 Å². The Hall–Kier alpha value is -4.08. The number of nitrogens with one attached hydrogen (secondary N) is 1. The first kappa shape index (κ1) is 23.1. The summed E-state index contributed by atoms with van der Waals surface area (Å²) in [6.07, 6.45) is 3.25. The Balaban J connectivity index is 1.24. The van der Waals surface area contributed by atoms with Gasteiger partial charge in [0.25, 0.3) is 0 Å². The van der Waals surface area contributed by atoms with Crippen molar-refractivity contribution in [2.75, 3.05) is 43.0 Å². The Labute approximate surface area is 200 Å². The lowest BCUT2D eigenvalue weighted by Crippen LogP contribution is -2.45. The number of nitriles is 1. The minimum absolute atomic E-state index is 0.0147. The average molecular weight is 453 g/mol. The molecule has 6 heteroatoms. The van der Waals surface area contributed by atoms with Gasteiger partial charge in [-0.2, -0.15) is 5.26 Å². The standard InChI is InChI=1S/C28H28N4O2/c29-16-21-34-27-13-6-23(7-14-27)8-15-28(33)30-25-9-11-26(12-10-25)32-19-17-31(18-20-32)22-24-4-2-1-3-5-24/h1-15H,17-22H2,(H,30,33)/b15-8+. The van der Waals surface area contributed by atoms with Crippen LogP contribution in [0.15, 0.2) is 84.9 Å². The number of anilines is 2. The number of benzene rings is 3. The summed E-state index contributed by atoms with van der Waals surface area (Å²) < 4.78 is 5.23. The molecule has 3 aromatic rings. The van der Waals surface area contributed by atoms with E-state index in [1.165, 1.54) is 17.3 Å². The topological polar surface area (TPSA) is 68.6 Å². The van der Waals surface area contributed by atoms with Gasteiger partial charge >= 0.3 is 0 Å². The van der Waals surface area contributed by atoms with E-state index in [0.717, 1.165) is 44.0 Å². The van der Waals surface area contributed by atoms with Crippen LogP contribution in [-0.2, 0) is 11.3 Å². The van der Waals surface area contributed by atoms with Crippen LogP contribution >= 0.6 is 0 Å². The Bertz CT molecular complexity index is 1130. The highest BCUT2D eigenvalue weighted by atomic mass is 16.5. The molecule has 1 heterocycles. The highest BCUT2D eigenvalue weighted by molar-refractivity contribution is 6.02. The Morgan fingerprint density at radius 1 is 0.941 bits per heavy atom. The van der Waals surface area contributed by atoms with E-state index in [1.807, 2.05) is 30.3 Å². The van der Waals surface area contributed by atoms with Gasteiger partial charge in [0, 0.05) is 50.2 Å². The molecule has 6 nitrogen and oxygen atoms in total. The molecule has 1 aliphatic heterocycles. The number of amides is 1. The van der Waals surface area contributed by atoms with Crippen molar-refractivity contribution < 1.29 is 9.53 Å². The fourth-order valence-corrected chi connectivity index (χ4v) is 3.91. The van der Waals surface area contributed by atoms with Gasteiger partial charge in [-0.05, 0) is 53.6 Å². The van der Waals surface area contributed by atoms with Crippen LogP contribution in [0.5, 0.6) is 5.75 Å². The third kappa shape index (κ3) is 6.71. The van der Waals surface area contributed by atoms with E-state index in [0.29, 0.717) is 5.75 Å². The summed E-state index contributed by atoms with van der Waals surface area (Å²) in [7, 11) is 0. The molecule has 0 aliphatic carbocycles. The summed E-state index contributed by atoms with van der Waals surface area (Å²) in [5, 5.41) is 11.5. The van der Waals surface area contributed by atoms with Crippen molar-refractivity contribution in [1.82, 2.24) is 4.90 Å². The van der Waals surface area contributed by atoms with Gasteiger partial charge in [-0.15, -0.1) is 0 Å². The second-order valence-corrected chi connectivity index (χ2v) is 8.13. The Morgan fingerprint density at radius 2 is 1.65 bits per heavy atom. The highest BCUT2D eigenvalue weighted by Gasteiger charge is 2.17. The minimum atomic E-state index is -0.188. The minimum Gasteiger partial charge on any atom is -0.479 e. The van der Waals surface area contributed by atoms with Crippen LogP contribution in [0.1, 0.15) is 11.1 Å². The molecule has 0 spiro atoms. The fraction of sp³-hybridized carbons (Fsp3) is 0.214. The third-order valence-corrected chi connectivity index (χ3v) is 5.73. The lowest BCUT2D eigenvalue weighted by atomic mass is 10.2. The second-order valence-electron chi connectivity index (χ2n) is 8.13. The predicted octanol–water partition coefficient (Wildman–Crippen LogP) is 4.56. The molecule has 3 aromatic carbocycles. The van der Waals surface area contributed by atoms with E-state index in [-0.39, 0.29) is 12.5 Å². The van der Waals surface area contributed by atoms with Crippen molar-refractivity contribution in [1.29, 1.82) is 5.26 Å². The largest absolute Gasteiger partial charge is 0.479 e. The van der Waals surface area contributed by atoms with Crippen LogP contribution in [0.4, 0.5) is 11.4 Å². The van der Waals surface area contributed by atoms with E-state index < -0.39 is 0 Å². The number of nitrogens with zero attached hydrogens (tertiary/aromatic N) is 3. The zero-order valence-corrected chi connectivity index (χ0v) is 19.1. The van der Waals surface area contributed by atoms with Gasteiger partial charge in [-0.1, -0.05) is 42.5 Å². The monoisotopic (exact) mass is 452 g/mol. The molecule has 1 amide bonds. The molecule has 172 valence electrons. The third-order valence-electron chi connectivity index (χ3n) is 5.73. The van der Waals surface area contributed by atoms with Gasteiger partial charge in [0.15, 0.2) is 6.61 Å². The van der Waals surface area contributed by atoms with E-state index >= 15 is 0 Å². The molecule has 34 heavy (non-hydrogen) atoms. The van der Waals surface area contributed by atoms with Crippen LogP contribution in [0.3, 0.4) is 0 Å². The molecule has 0 bridgehead atoms. The fourth-order valence-electron chi connectivity index (χ4n) is 3.91. The van der Waals surface area contributed by atoms with Crippen LogP contribution in [0.2, 0.25) is 0 Å². The number of hydrogen-bond donors (Lipinski definition) is 1. The average Bonchev–Trinajstić information content (AvgIpc) is 2.88. The van der Waals surface area contributed by atoms with Crippen molar-refractivity contribution in [3.8, 4) is 11.8 Å². The number of ether oxygens (including phenoxy) is 1. The molecule has 1 aliphatic rings. The zero-order chi connectivity index (χ0) is 23.6. The van der Waals surface area contributed by atoms with Crippen molar-refractivity contribution in [3.63, 3.8) is 0 Å². The Morgan fingerprint density at radius 3 is 2.32 bits per heavy atom. The van der Waals surface area contributed by atoms with Crippen LogP contribution in [-0.4, -0.2) is 43.6 Å². The first-order chi connectivity index (χ1) is 16.7. The predicted molar refractivity (Wildman–Crippen MR) is 136 cm³/mol. The molecule has 1 fully saturated rings. The number of carbonyl (C=O) groups excluding carboxylic acids is 1. The van der Waals surface area contributed by atoms with Gasteiger partial charge in [0.2, 0.25) is 5.91 Å². The highest BCUT2D eigenvalue weighted by Crippen LogP contribution is 2.20. The summed E-state index contributed by atoms with van der Waals surface area (Å²) in [5.74, 6) is 0.438. The first-order valence-corrected chi connectivity index (χ1v) is 11.4. The summed E-state index contributed by atoms with van der Waals surface area (Å²) in [4.78, 5) is 17.2. The molecule has 4 rings (SSSR count). The molecule has 0 saturated carbocycles. The van der Waals surface area contributed by atoms with Gasteiger partial charge in [0.05, 0.1) is 0 Å². The maximum atomic E-state index is 12.3. The SMILES string of the molecule is N#CCOc1ccc(/C=C/C(=O)Nc2ccc(N3CCN(Cc4ccccc4)CC3)cc2)cc1. The number of carbonyl (C=O) groups is 1. The zero-order valence-electron chi connectivity index (χ0n) is 19.1. The quantitative estimate of drug-likeness (QED) is 0.508. The molecule has 1 saturated heterocycles. The van der Waals surface area contributed by atoms with E-state index in [1.54, 1.807) is 18.2 Å². The summed E-state index contributed by atoms with van der Waals surface area (Å²) >= 11 is 0. The Kier molecular flexibility index (Phi) is 7.94. The summed E-state index contributed by atoms with van der Waals surface area (Å²) in [5.41, 5.74) is 4.17. The van der Waals surface area contributed by atoms with Crippen LogP contribution in [0.25, 0.3) is 6.08 Å². The van der Waals surface area contributed by atoms with E-state index in [4.69, 9.17) is 10.00 Å². The van der Waals surface area contributed by atoms with Crippen molar-refractivity contribution in [2.24, 2.45) is 0 Å². The molecule has 0 atom stereocenters. The smallest absolute Gasteiger partial charge is 0.248 e. The summed E-state index contributed by atoms with van der Waals surface area (Å²) in [6, 6.07) is 27.8. The lowest BCUT2D eigenvalue weighted by molar-refractivity contribution is -0.111. The van der Waals surface area contributed by atoms with Crippen LogP contribution < -0.4 is 15.0 Å². The van der Waals surface area contributed by atoms with Gasteiger partial charge in [-0.3, -0.25) is 9.69 Å². The molecule has 0 radical (unpaired) electrons. The maximum absolute atomic E-state index is 12.3. The molecular weight excluding hydrogens is 424 g/mol. The van der Waals surface area contributed by atoms with Crippen molar-refractivity contribution in [3.05, 3.63) is 96.1 Å². The lowest BCUT2D eigenvalue weighted by Gasteiger charge is -2.36. The van der Waals surface area contributed by atoms with Gasteiger partial charge in [0.1, 0.15) is 11.8 Å². The maximum Gasteiger partial charge on any atom is 0.248 e. The second kappa shape index (κ2) is 11.7. The normalized spacial score (nSPS) is 14.0. The number of piperazine rings is 1. The summed E-state index contributed by atoms with van der Waals surface area (Å²) in [6.45, 7) is 5.05. The van der Waals surface area contributed by atoms with Gasteiger partial charge in [-0.25, -0.2) is 0 Å². The molecule has 0 unspecified atom stereocenters. The van der Waals surface area contributed by atoms with E-state index in [9.17, 15) is 4.79 Å². The number of rotatable bonds is 8. The molecule has 0 aromatic heterocycles. The van der Waals surface area contributed by atoms with Crippen LogP contribution in [0, 0.1) is 11.3 Å².